The van der Waals surface area contributed by atoms with Crippen LogP contribution in [0.15, 0.2) is 33.5 Å². The topological polar surface area (TPSA) is 125 Å². The van der Waals surface area contributed by atoms with Crippen LogP contribution in [0.1, 0.15) is 0 Å². The van der Waals surface area contributed by atoms with Crippen molar-refractivity contribution in [3.05, 3.63) is 44.8 Å². The minimum atomic E-state index is -0.595. The van der Waals surface area contributed by atoms with Gasteiger partial charge in [-0.15, -0.1) is 10.2 Å². The summed E-state index contributed by atoms with van der Waals surface area (Å²) in [6, 6.07) is 5.46. The number of non-ortho nitro benzene ring substituents is 1. The van der Waals surface area contributed by atoms with Crippen molar-refractivity contribution in [2.75, 3.05) is 5.73 Å². The quantitative estimate of drug-likeness (QED) is 0.433. The van der Waals surface area contributed by atoms with E-state index in [1.54, 1.807) is 0 Å². The number of aromatic nitrogens is 2. The molecule has 2 heterocycles. The van der Waals surface area contributed by atoms with Gasteiger partial charge in [0, 0.05) is 17.5 Å². The summed E-state index contributed by atoms with van der Waals surface area (Å²) in [4.78, 5) is 22.1. The first-order chi connectivity index (χ1) is 9.54. The van der Waals surface area contributed by atoms with Crippen LogP contribution in [0.4, 0.5) is 10.8 Å². The third kappa shape index (κ3) is 1.99. The fraction of sp³-hybridized carbons (Fsp3) is 0. The molecule has 0 amide bonds. The van der Waals surface area contributed by atoms with Crippen molar-refractivity contribution in [3.63, 3.8) is 0 Å². The van der Waals surface area contributed by atoms with Crippen LogP contribution in [-0.4, -0.2) is 15.1 Å². The monoisotopic (exact) mass is 290 g/mol. The van der Waals surface area contributed by atoms with Crippen LogP contribution < -0.4 is 11.4 Å². The van der Waals surface area contributed by atoms with E-state index in [2.05, 4.69) is 10.2 Å². The molecule has 0 atom stereocenters. The molecule has 0 spiro atoms. The molecule has 0 saturated carbocycles. The summed E-state index contributed by atoms with van der Waals surface area (Å²) in [5.74, 6) is 0. The fourth-order valence-corrected chi connectivity index (χ4v) is 2.33. The number of anilines is 1. The highest BCUT2D eigenvalue weighted by molar-refractivity contribution is 7.18. The summed E-state index contributed by atoms with van der Waals surface area (Å²) in [6.07, 6.45) is 0. The number of nitro benzene ring substituents is 1. The Balaban J connectivity index is 2.25. The summed E-state index contributed by atoms with van der Waals surface area (Å²) in [5, 5.41) is 19.1. The predicted octanol–water partition coefficient (Wildman–Crippen LogP) is 1.80. The second-order valence-electron chi connectivity index (χ2n) is 3.87. The number of fused-ring (bicyclic) bond motifs is 1. The summed E-state index contributed by atoms with van der Waals surface area (Å²) >= 11 is 1.04. The molecule has 0 aliphatic carbocycles. The maximum Gasteiger partial charge on any atom is 0.346 e. The predicted molar refractivity (Wildman–Crippen MR) is 72.5 cm³/mol. The van der Waals surface area contributed by atoms with Gasteiger partial charge in [0.2, 0.25) is 5.13 Å². The highest BCUT2D eigenvalue weighted by Crippen LogP contribution is 2.26. The van der Waals surface area contributed by atoms with Gasteiger partial charge < -0.3 is 10.2 Å². The van der Waals surface area contributed by atoms with E-state index in [0.717, 1.165) is 11.3 Å². The molecular formula is C11H6N4O4S. The van der Waals surface area contributed by atoms with Crippen LogP contribution in [0, 0.1) is 10.1 Å². The SMILES string of the molecule is Nc1nnc(-c2cc3cc([N+](=O)[O-])ccc3oc2=O)s1. The van der Waals surface area contributed by atoms with Gasteiger partial charge in [0.15, 0.2) is 5.01 Å². The van der Waals surface area contributed by atoms with E-state index in [-0.39, 0.29) is 22.0 Å². The second kappa shape index (κ2) is 4.38. The van der Waals surface area contributed by atoms with E-state index in [1.807, 2.05) is 0 Å². The maximum atomic E-state index is 11.9. The van der Waals surface area contributed by atoms with E-state index in [9.17, 15) is 14.9 Å². The van der Waals surface area contributed by atoms with Crippen molar-refractivity contribution in [1.29, 1.82) is 0 Å². The molecule has 100 valence electrons. The normalized spacial score (nSPS) is 10.8. The molecular weight excluding hydrogens is 284 g/mol. The highest BCUT2D eigenvalue weighted by atomic mass is 32.1. The molecule has 3 rings (SSSR count). The first kappa shape index (κ1) is 12.2. The van der Waals surface area contributed by atoms with E-state index in [4.69, 9.17) is 10.2 Å². The lowest BCUT2D eigenvalue weighted by atomic mass is 10.2. The summed E-state index contributed by atoms with van der Waals surface area (Å²) in [7, 11) is 0. The van der Waals surface area contributed by atoms with Crippen LogP contribution in [0.3, 0.4) is 0 Å². The first-order valence-electron chi connectivity index (χ1n) is 5.36. The Labute approximate surface area is 114 Å². The molecule has 2 aromatic heterocycles. The summed E-state index contributed by atoms with van der Waals surface area (Å²) in [5.41, 5.74) is 5.22. The standard InChI is InChI=1S/C11H6N4O4S/c12-11-14-13-9(20-11)7-4-5-3-6(15(17)18)1-2-8(5)19-10(7)16/h1-4H,(H2,12,14). The van der Waals surface area contributed by atoms with Gasteiger partial charge in [-0.25, -0.2) is 4.79 Å². The molecule has 0 saturated heterocycles. The van der Waals surface area contributed by atoms with Gasteiger partial charge in [-0.2, -0.15) is 0 Å². The third-order valence-electron chi connectivity index (χ3n) is 2.60. The Kier molecular flexibility index (Phi) is 2.68. The van der Waals surface area contributed by atoms with Gasteiger partial charge >= 0.3 is 5.63 Å². The number of benzene rings is 1. The largest absolute Gasteiger partial charge is 0.422 e. The van der Waals surface area contributed by atoms with Crippen molar-refractivity contribution < 1.29 is 9.34 Å². The zero-order chi connectivity index (χ0) is 14.3. The van der Waals surface area contributed by atoms with E-state index in [1.165, 1.54) is 24.3 Å². The minimum Gasteiger partial charge on any atom is -0.422 e. The van der Waals surface area contributed by atoms with E-state index < -0.39 is 10.5 Å². The van der Waals surface area contributed by atoms with Crippen LogP contribution >= 0.6 is 11.3 Å². The lowest BCUT2D eigenvalue weighted by molar-refractivity contribution is -0.384. The van der Waals surface area contributed by atoms with Crippen molar-refractivity contribution in [3.8, 4) is 10.6 Å². The summed E-state index contributed by atoms with van der Waals surface area (Å²) in [6.45, 7) is 0. The second-order valence-corrected chi connectivity index (χ2v) is 4.88. The lowest BCUT2D eigenvalue weighted by Gasteiger charge is -1.99. The number of nitrogens with zero attached hydrogens (tertiary/aromatic N) is 3. The van der Waals surface area contributed by atoms with Crippen molar-refractivity contribution >= 4 is 33.1 Å². The molecule has 0 aliphatic heterocycles. The number of nitrogen functional groups attached to an aromatic ring is 1. The maximum absolute atomic E-state index is 11.9. The third-order valence-corrected chi connectivity index (χ3v) is 3.38. The number of rotatable bonds is 2. The molecule has 0 bridgehead atoms. The Morgan fingerprint density at radius 2 is 2.10 bits per heavy atom. The van der Waals surface area contributed by atoms with Crippen molar-refractivity contribution in [2.24, 2.45) is 0 Å². The van der Waals surface area contributed by atoms with Crippen molar-refractivity contribution in [1.82, 2.24) is 10.2 Å². The molecule has 20 heavy (non-hydrogen) atoms. The summed E-state index contributed by atoms with van der Waals surface area (Å²) < 4.78 is 5.11. The highest BCUT2D eigenvalue weighted by Gasteiger charge is 2.14. The Morgan fingerprint density at radius 1 is 1.30 bits per heavy atom. The molecule has 0 aliphatic rings. The lowest BCUT2D eigenvalue weighted by Crippen LogP contribution is -2.02. The van der Waals surface area contributed by atoms with Gasteiger partial charge in [0.25, 0.3) is 5.69 Å². The van der Waals surface area contributed by atoms with Crippen LogP contribution in [0.5, 0.6) is 0 Å². The van der Waals surface area contributed by atoms with Gasteiger partial charge in [-0.05, 0) is 12.1 Å². The molecule has 8 nitrogen and oxygen atoms in total. The van der Waals surface area contributed by atoms with E-state index >= 15 is 0 Å². The Morgan fingerprint density at radius 3 is 2.75 bits per heavy atom. The van der Waals surface area contributed by atoms with Gasteiger partial charge in [-0.1, -0.05) is 11.3 Å². The zero-order valence-corrected chi connectivity index (χ0v) is 10.6. The fourth-order valence-electron chi connectivity index (χ4n) is 1.72. The van der Waals surface area contributed by atoms with Crippen LogP contribution in [-0.2, 0) is 0 Å². The number of hydrogen-bond acceptors (Lipinski definition) is 8. The van der Waals surface area contributed by atoms with Gasteiger partial charge in [0.05, 0.1) is 10.5 Å². The first-order valence-corrected chi connectivity index (χ1v) is 6.18. The molecule has 0 fully saturated rings. The zero-order valence-electron chi connectivity index (χ0n) is 9.77. The minimum absolute atomic E-state index is 0.0888. The molecule has 3 aromatic rings. The van der Waals surface area contributed by atoms with Crippen LogP contribution in [0.25, 0.3) is 21.5 Å². The number of nitrogens with two attached hydrogens (primary N) is 1. The van der Waals surface area contributed by atoms with E-state index in [0.29, 0.717) is 10.4 Å². The molecule has 9 heteroatoms. The number of hydrogen-bond donors (Lipinski definition) is 1. The van der Waals surface area contributed by atoms with Crippen molar-refractivity contribution in [2.45, 2.75) is 0 Å². The van der Waals surface area contributed by atoms with Gasteiger partial charge in [0.1, 0.15) is 5.58 Å². The molecule has 1 aromatic carbocycles. The molecule has 2 N–H and O–H groups in total. The average Bonchev–Trinajstić information content (AvgIpc) is 2.83. The Bertz CT molecular complexity index is 886. The Hall–Kier alpha value is -2.81. The number of nitro groups is 1. The van der Waals surface area contributed by atoms with Crippen LogP contribution in [0.2, 0.25) is 0 Å². The molecule has 0 unspecified atom stereocenters. The van der Waals surface area contributed by atoms with Gasteiger partial charge in [-0.3, -0.25) is 10.1 Å². The smallest absolute Gasteiger partial charge is 0.346 e. The molecule has 0 radical (unpaired) electrons. The average molecular weight is 290 g/mol.